The number of ether oxygens (including phenoxy) is 1. The Morgan fingerprint density at radius 3 is 2.73 bits per heavy atom. The molecule has 0 spiro atoms. The zero-order valence-electron chi connectivity index (χ0n) is 8.73. The van der Waals surface area contributed by atoms with Crippen molar-refractivity contribution in [3.8, 4) is 0 Å². The Kier molecular flexibility index (Phi) is 3.65. The fourth-order valence-corrected chi connectivity index (χ4v) is 1.49. The fraction of sp³-hybridized carbons (Fsp3) is 0.778. The molecule has 6 heteroatoms. The van der Waals surface area contributed by atoms with E-state index in [1.807, 2.05) is 0 Å². The smallest absolute Gasteiger partial charge is 0.305 e. The van der Waals surface area contributed by atoms with Gasteiger partial charge in [-0.2, -0.15) is 0 Å². The summed E-state index contributed by atoms with van der Waals surface area (Å²) >= 11 is 0. The van der Waals surface area contributed by atoms with E-state index in [9.17, 15) is 9.59 Å². The van der Waals surface area contributed by atoms with Gasteiger partial charge in [-0.15, -0.1) is 0 Å². The molecule has 0 aromatic heterocycles. The van der Waals surface area contributed by atoms with Crippen LogP contribution in [0.25, 0.3) is 0 Å². The SMILES string of the molecule is CN(CCC(=O)O)C(=O)C1(N)CCOC1. The first-order valence-electron chi connectivity index (χ1n) is 4.80. The Labute approximate surface area is 88.0 Å². The van der Waals surface area contributed by atoms with Crippen molar-refractivity contribution in [3.63, 3.8) is 0 Å². The first-order valence-corrected chi connectivity index (χ1v) is 4.80. The molecule has 1 heterocycles. The van der Waals surface area contributed by atoms with E-state index in [2.05, 4.69) is 0 Å². The predicted octanol–water partition coefficient (Wildman–Crippen LogP) is -0.963. The molecule has 0 aliphatic carbocycles. The number of nitrogens with two attached hydrogens (primary N) is 1. The van der Waals surface area contributed by atoms with Crippen molar-refractivity contribution < 1.29 is 19.4 Å². The van der Waals surface area contributed by atoms with Gasteiger partial charge in [0.25, 0.3) is 0 Å². The number of aliphatic carboxylic acids is 1. The number of carbonyl (C=O) groups is 2. The summed E-state index contributed by atoms with van der Waals surface area (Å²) in [6, 6.07) is 0. The Bertz CT molecular complexity index is 261. The molecule has 1 aliphatic heterocycles. The van der Waals surface area contributed by atoms with E-state index in [-0.39, 0.29) is 25.5 Å². The minimum atomic E-state index is -0.965. The number of rotatable bonds is 4. The molecule has 6 nitrogen and oxygen atoms in total. The van der Waals surface area contributed by atoms with Crippen molar-refractivity contribution in [2.24, 2.45) is 5.73 Å². The van der Waals surface area contributed by atoms with Gasteiger partial charge in [0.2, 0.25) is 5.91 Å². The van der Waals surface area contributed by atoms with E-state index in [1.165, 1.54) is 4.90 Å². The van der Waals surface area contributed by atoms with Gasteiger partial charge in [0, 0.05) is 20.2 Å². The number of likely N-dealkylation sites (N-methyl/N-ethyl adjacent to an activating group) is 1. The van der Waals surface area contributed by atoms with Crippen LogP contribution in [0, 0.1) is 0 Å². The first kappa shape index (κ1) is 11.9. The quantitative estimate of drug-likeness (QED) is 0.631. The van der Waals surface area contributed by atoms with Crippen molar-refractivity contribution in [2.45, 2.75) is 18.4 Å². The highest BCUT2D eigenvalue weighted by Gasteiger charge is 2.39. The minimum absolute atomic E-state index is 0.0703. The average molecular weight is 216 g/mol. The van der Waals surface area contributed by atoms with Gasteiger partial charge in [0.05, 0.1) is 13.0 Å². The number of hydrogen-bond donors (Lipinski definition) is 2. The van der Waals surface area contributed by atoms with Gasteiger partial charge in [0.1, 0.15) is 5.54 Å². The average Bonchev–Trinajstić information content (AvgIpc) is 2.61. The van der Waals surface area contributed by atoms with E-state index in [4.69, 9.17) is 15.6 Å². The van der Waals surface area contributed by atoms with Gasteiger partial charge in [-0.05, 0) is 6.42 Å². The van der Waals surface area contributed by atoms with Crippen LogP contribution >= 0.6 is 0 Å². The normalized spacial score (nSPS) is 25.2. The summed E-state index contributed by atoms with van der Waals surface area (Å²) in [5.41, 5.74) is 4.88. The van der Waals surface area contributed by atoms with Crippen LogP contribution in [0.4, 0.5) is 0 Å². The lowest BCUT2D eigenvalue weighted by Crippen LogP contribution is -2.55. The predicted molar refractivity (Wildman–Crippen MR) is 52.2 cm³/mol. The highest BCUT2D eigenvalue weighted by molar-refractivity contribution is 5.86. The molecule has 1 atom stereocenters. The molecule has 0 saturated carbocycles. The number of carboxylic acid groups (broad SMARTS) is 1. The van der Waals surface area contributed by atoms with Crippen molar-refractivity contribution in [1.29, 1.82) is 0 Å². The van der Waals surface area contributed by atoms with Gasteiger partial charge < -0.3 is 20.5 Å². The molecular weight excluding hydrogens is 200 g/mol. The first-order chi connectivity index (χ1) is 6.96. The summed E-state index contributed by atoms with van der Waals surface area (Å²) in [4.78, 5) is 23.5. The molecule has 0 bridgehead atoms. The lowest BCUT2D eigenvalue weighted by atomic mass is 9.98. The Hall–Kier alpha value is -1.14. The Balaban J connectivity index is 2.48. The van der Waals surface area contributed by atoms with E-state index in [0.29, 0.717) is 13.0 Å². The zero-order chi connectivity index (χ0) is 11.5. The summed E-state index contributed by atoms with van der Waals surface area (Å²) < 4.78 is 5.07. The van der Waals surface area contributed by atoms with Crippen molar-refractivity contribution >= 4 is 11.9 Å². The number of hydrogen-bond acceptors (Lipinski definition) is 4. The maximum Gasteiger partial charge on any atom is 0.305 e. The molecule has 86 valence electrons. The highest BCUT2D eigenvalue weighted by atomic mass is 16.5. The molecule has 1 saturated heterocycles. The lowest BCUT2D eigenvalue weighted by Gasteiger charge is -2.27. The van der Waals surface area contributed by atoms with Gasteiger partial charge >= 0.3 is 5.97 Å². The summed E-state index contributed by atoms with van der Waals surface area (Å²) in [6.45, 7) is 0.866. The third kappa shape index (κ3) is 2.90. The van der Waals surface area contributed by atoms with Crippen molar-refractivity contribution in [3.05, 3.63) is 0 Å². The Morgan fingerprint density at radius 1 is 1.60 bits per heavy atom. The van der Waals surface area contributed by atoms with Gasteiger partial charge in [-0.1, -0.05) is 0 Å². The molecule has 0 radical (unpaired) electrons. The monoisotopic (exact) mass is 216 g/mol. The number of carboxylic acids is 1. The maximum absolute atomic E-state index is 11.8. The third-order valence-electron chi connectivity index (χ3n) is 2.49. The van der Waals surface area contributed by atoms with Crippen LogP contribution in [0.15, 0.2) is 0 Å². The van der Waals surface area contributed by atoms with Gasteiger partial charge in [-0.25, -0.2) is 0 Å². The molecular formula is C9H16N2O4. The van der Waals surface area contributed by atoms with Crippen LogP contribution < -0.4 is 5.73 Å². The molecule has 3 N–H and O–H groups in total. The van der Waals surface area contributed by atoms with E-state index < -0.39 is 11.5 Å². The summed E-state index contributed by atoms with van der Waals surface area (Å²) in [5.74, 6) is -1.18. The summed E-state index contributed by atoms with van der Waals surface area (Å²) in [7, 11) is 1.55. The standard InChI is InChI=1S/C9H16N2O4/c1-11(4-2-7(12)13)8(14)9(10)3-5-15-6-9/h2-6,10H2,1H3,(H,12,13). The van der Waals surface area contributed by atoms with Crippen molar-refractivity contribution in [1.82, 2.24) is 4.90 Å². The minimum Gasteiger partial charge on any atom is -0.481 e. The third-order valence-corrected chi connectivity index (χ3v) is 2.49. The highest BCUT2D eigenvalue weighted by Crippen LogP contribution is 2.17. The largest absolute Gasteiger partial charge is 0.481 e. The number of amides is 1. The van der Waals surface area contributed by atoms with Crippen LogP contribution in [-0.4, -0.2) is 54.2 Å². The zero-order valence-corrected chi connectivity index (χ0v) is 8.73. The molecule has 0 aromatic carbocycles. The second-order valence-electron chi connectivity index (χ2n) is 3.83. The molecule has 1 fully saturated rings. The van der Waals surface area contributed by atoms with Gasteiger partial charge in [-0.3, -0.25) is 9.59 Å². The van der Waals surface area contributed by atoms with Crippen LogP contribution in [0.1, 0.15) is 12.8 Å². The summed E-state index contributed by atoms with van der Waals surface area (Å²) in [6.07, 6.45) is 0.419. The number of nitrogens with zero attached hydrogens (tertiary/aromatic N) is 1. The second-order valence-corrected chi connectivity index (χ2v) is 3.83. The van der Waals surface area contributed by atoms with E-state index in [0.717, 1.165) is 0 Å². The van der Waals surface area contributed by atoms with E-state index in [1.54, 1.807) is 7.05 Å². The molecule has 1 unspecified atom stereocenters. The number of carbonyl (C=O) groups excluding carboxylic acids is 1. The van der Waals surface area contributed by atoms with Crippen LogP contribution in [0.3, 0.4) is 0 Å². The van der Waals surface area contributed by atoms with Crippen molar-refractivity contribution in [2.75, 3.05) is 26.8 Å². The van der Waals surface area contributed by atoms with Crippen LogP contribution in [0.5, 0.6) is 0 Å². The maximum atomic E-state index is 11.8. The fourth-order valence-electron chi connectivity index (χ4n) is 1.49. The van der Waals surface area contributed by atoms with Crippen LogP contribution in [0.2, 0.25) is 0 Å². The summed E-state index contributed by atoms with van der Waals surface area (Å²) in [5, 5.41) is 8.48. The lowest BCUT2D eigenvalue weighted by molar-refractivity contribution is -0.139. The molecule has 1 rings (SSSR count). The Morgan fingerprint density at radius 2 is 2.27 bits per heavy atom. The van der Waals surface area contributed by atoms with Gasteiger partial charge in [0.15, 0.2) is 0 Å². The molecule has 15 heavy (non-hydrogen) atoms. The second kappa shape index (κ2) is 4.59. The molecule has 1 aliphatic rings. The van der Waals surface area contributed by atoms with E-state index >= 15 is 0 Å². The molecule has 0 aromatic rings. The topological polar surface area (TPSA) is 92.9 Å². The van der Waals surface area contributed by atoms with Crippen LogP contribution in [-0.2, 0) is 14.3 Å². The molecule has 1 amide bonds.